The maximum atomic E-state index is 6.51. The maximum absolute atomic E-state index is 6.51. The summed E-state index contributed by atoms with van der Waals surface area (Å²) in [5.74, 6) is 1.51. The molecule has 5 aromatic heterocycles. The van der Waals surface area contributed by atoms with Gasteiger partial charge in [-0.25, -0.2) is 9.97 Å². The van der Waals surface area contributed by atoms with Crippen LogP contribution in [0.3, 0.4) is 0 Å². The van der Waals surface area contributed by atoms with Crippen molar-refractivity contribution < 1.29 is 4.74 Å². The molecule has 0 unspecified atom stereocenters. The Morgan fingerprint density at radius 1 is 0.581 bits per heavy atom. The largest absolute Gasteiger partial charge is 0.457 e. The van der Waals surface area contributed by atoms with Crippen LogP contribution in [0.4, 0.5) is 0 Å². The van der Waals surface area contributed by atoms with Gasteiger partial charge in [0.05, 0.1) is 17.2 Å². The van der Waals surface area contributed by atoms with Crippen LogP contribution in [-0.2, 0) is 0 Å². The first-order valence-corrected chi connectivity index (χ1v) is 14.3. The van der Waals surface area contributed by atoms with E-state index in [0.29, 0.717) is 0 Å². The van der Waals surface area contributed by atoms with Gasteiger partial charge < -0.3 is 4.74 Å². The summed E-state index contributed by atoms with van der Waals surface area (Å²) in [7, 11) is 0. The zero-order valence-corrected chi connectivity index (χ0v) is 23.6. The summed E-state index contributed by atoms with van der Waals surface area (Å²) in [6.45, 7) is 4.36. The molecule has 0 aliphatic rings. The first-order valence-electron chi connectivity index (χ1n) is 14.3. The Kier molecular flexibility index (Phi) is 4.93. The fraction of sp³-hybridized carbons (Fsp3) is 0.0541. The second-order valence-corrected chi connectivity index (χ2v) is 11.1. The number of fused-ring (bicyclic) bond motifs is 12. The number of nitrogens with zero attached hydrogens (tertiary/aromatic N) is 5. The molecule has 0 amide bonds. The molecule has 204 valence electrons. The summed E-state index contributed by atoms with van der Waals surface area (Å²) in [6, 6.07) is 27.6. The monoisotopic (exact) mass is 555 g/mol. The van der Waals surface area contributed by atoms with Gasteiger partial charge in [-0.15, -0.1) is 0 Å². The van der Waals surface area contributed by atoms with Gasteiger partial charge in [-0.2, -0.15) is 0 Å². The third kappa shape index (κ3) is 3.44. The molecule has 0 radical (unpaired) electrons. The Balaban J connectivity index is 1.22. The fourth-order valence-corrected chi connectivity index (χ4v) is 6.80. The lowest BCUT2D eigenvalue weighted by molar-refractivity contribution is 0.484. The zero-order chi connectivity index (χ0) is 28.7. The van der Waals surface area contributed by atoms with Crippen molar-refractivity contribution in [2.24, 2.45) is 0 Å². The van der Waals surface area contributed by atoms with Crippen LogP contribution in [-0.4, -0.2) is 23.8 Å². The van der Waals surface area contributed by atoms with Gasteiger partial charge in [0.15, 0.2) is 0 Å². The number of benzene rings is 4. The van der Waals surface area contributed by atoms with Gasteiger partial charge in [0.25, 0.3) is 0 Å². The van der Waals surface area contributed by atoms with E-state index in [-0.39, 0.29) is 0 Å². The Morgan fingerprint density at radius 3 is 1.98 bits per heavy atom. The van der Waals surface area contributed by atoms with Crippen LogP contribution in [0.25, 0.3) is 65.8 Å². The molecular weight excluding hydrogens is 530 g/mol. The Labute approximate surface area is 246 Å². The Hall–Kier alpha value is -5.75. The molecule has 0 atom stereocenters. The molecule has 0 saturated carbocycles. The van der Waals surface area contributed by atoms with E-state index in [4.69, 9.17) is 9.72 Å². The number of hydrogen-bond acceptors (Lipinski definition) is 4. The van der Waals surface area contributed by atoms with Crippen LogP contribution < -0.4 is 4.74 Å². The van der Waals surface area contributed by atoms with Gasteiger partial charge in [-0.05, 0) is 83.8 Å². The SMILES string of the molecule is Cc1cccc(C)c1-c1cccc2c3ccc(Oc4ccc5c6ccncc6n6ccnc6c5c4)cc3c3nccn3c12. The second-order valence-electron chi connectivity index (χ2n) is 11.1. The number of para-hydroxylation sites is 1. The number of aryl methyl sites for hydroxylation is 2. The molecule has 5 heterocycles. The molecular formula is C37H25N5O. The lowest BCUT2D eigenvalue weighted by Crippen LogP contribution is -1.96. The third-order valence-electron chi connectivity index (χ3n) is 8.65. The van der Waals surface area contributed by atoms with Crippen LogP contribution >= 0.6 is 0 Å². The average molecular weight is 556 g/mol. The second kappa shape index (κ2) is 8.87. The minimum Gasteiger partial charge on any atom is -0.457 e. The molecule has 0 aliphatic carbocycles. The molecule has 6 heteroatoms. The minimum absolute atomic E-state index is 0.752. The lowest BCUT2D eigenvalue weighted by Gasteiger charge is -2.16. The molecule has 9 aromatic rings. The summed E-state index contributed by atoms with van der Waals surface area (Å²) in [5, 5.41) is 6.65. The number of aromatic nitrogens is 5. The number of hydrogen-bond donors (Lipinski definition) is 0. The summed E-state index contributed by atoms with van der Waals surface area (Å²) < 4.78 is 10.8. The maximum Gasteiger partial charge on any atom is 0.145 e. The van der Waals surface area contributed by atoms with Crippen LogP contribution in [0.15, 0.2) is 116 Å². The van der Waals surface area contributed by atoms with E-state index < -0.39 is 0 Å². The van der Waals surface area contributed by atoms with Crippen LogP contribution in [0.1, 0.15) is 11.1 Å². The fourth-order valence-electron chi connectivity index (χ4n) is 6.80. The standard InChI is InChI=1S/C37H25N5O/c1-22-5-3-6-23(2)34(22)30-8-4-7-29-27-12-10-25(20-32(27)37-40-16-18-42(37)35(29)30)43-24-9-11-26-28-13-14-38-21-33(28)41-17-15-39-36(41)31(26)19-24/h3-21H,1-2H3. The summed E-state index contributed by atoms with van der Waals surface area (Å²) in [4.78, 5) is 13.8. The van der Waals surface area contributed by atoms with E-state index in [9.17, 15) is 0 Å². The van der Waals surface area contributed by atoms with Crippen molar-refractivity contribution in [3.05, 3.63) is 127 Å². The zero-order valence-electron chi connectivity index (χ0n) is 23.6. The van der Waals surface area contributed by atoms with Crippen LogP contribution in [0, 0.1) is 13.8 Å². The Bertz CT molecular complexity index is 2560. The van der Waals surface area contributed by atoms with Crippen molar-refractivity contribution in [2.45, 2.75) is 13.8 Å². The van der Waals surface area contributed by atoms with E-state index in [1.54, 1.807) is 0 Å². The highest BCUT2D eigenvalue weighted by molar-refractivity contribution is 6.15. The first-order chi connectivity index (χ1) is 21.2. The van der Waals surface area contributed by atoms with Crippen LogP contribution in [0.2, 0.25) is 0 Å². The molecule has 6 nitrogen and oxygen atoms in total. The van der Waals surface area contributed by atoms with Gasteiger partial charge in [-0.1, -0.05) is 36.4 Å². The van der Waals surface area contributed by atoms with Crippen molar-refractivity contribution >= 4 is 54.6 Å². The van der Waals surface area contributed by atoms with Crippen molar-refractivity contribution in [2.75, 3.05) is 0 Å². The average Bonchev–Trinajstić information content (AvgIpc) is 3.72. The van der Waals surface area contributed by atoms with E-state index in [0.717, 1.165) is 60.8 Å². The quantitative estimate of drug-likeness (QED) is 0.204. The predicted molar refractivity (Wildman–Crippen MR) is 173 cm³/mol. The van der Waals surface area contributed by atoms with Crippen molar-refractivity contribution in [1.82, 2.24) is 23.8 Å². The first kappa shape index (κ1) is 23.9. The van der Waals surface area contributed by atoms with Crippen molar-refractivity contribution in [3.8, 4) is 22.6 Å². The predicted octanol–water partition coefficient (Wildman–Crippen LogP) is 9.07. The topological polar surface area (TPSA) is 56.7 Å². The molecule has 0 bridgehead atoms. The highest BCUT2D eigenvalue weighted by atomic mass is 16.5. The lowest BCUT2D eigenvalue weighted by atomic mass is 9.92. The highest BCUT2D eigenvalue weighted by Crippen LogP contribution is 2.39. The van der Waals surface area contributed by atoms with Gasteiger partial charge in [0.2, 0.25) is 0 Å². The molecule has 0 N–H and O–H groups in total. The van der Waals surface area contributed by atoms with E-state index in [1.807, 2.05) is 49.2 Å². The van der Waals surface area contributed by atoms with E-state index in [1.165, 1.54) is 27.6 Å². The molecule has 0 spiro atoms. The molecule has 0 fully saturated rings. The van der Waals surface area contributed by atoms with Crippen molar-refractivity contribution in [1.29, 1.82) is 0 Å². The summed E-state index contributed by atoms with van der Waals surface area (Å²) in [6.07, 6.45) is 11.4. The number of imidazole rings is 2. The van der Waals surface area contributed by atoms with Gasteiger partial charge in [0, 0.05) is 58.1 Å². The number of pyridine rings is 3. The summed E-state index contributed by atoms with van der Waals surface area (Å²) in [5.41, 5.74) is 8.98. The Morgan fingerprint density at radius 2 is 1.23 bits per heavy atom. The third-order valence-corrected chi connectivity index (χ3v) is 8.65. The smallest absolute Gasteiger partial charge is 0.145 e. The molecule has 43 heavy (non-hydrogen) atoms. The van der Waals surface area contributed by atoms with E-state index >= 15 is 0 Å². The normalized spacial score (nSPS) is 12.0. The van der Waals surface area contributed by atoms with Gasteiger partial charge in [-0.3, -0.25) is 13.8 Å². The van der Waals surface area contributed by atoms with Gasteiger partial charge in [0.1, 0.15) is 22.8 Å². The van der Waals surface area contributed by atoms with Crippen LogP contribution in [0.5, 0.6) is 11.5 Å². The molecule has 0 aliphatic heterocycles. The molecule has 9 rings (SSSR count). The van der Waals surface area contributed by atoms with Gasteiger partial charge >= 0.3 is 0 Å². The molecule has 0 saturated heterocycles. The minimum atomic E-state index is 0.752. The van der Waals surface area contributed by atoms with Crippen molar-refractivity contribution in [3.63, 3.8) is 0 Å². The number of rotatable bonds is 3. The highest BCUT2D eigenvalue weighted by Gasteiger charge is 2.17. The molecule has 4 aromatic carbocycles. The number of ether oxygens (including phenoxy) is 1. The van der Waals surface area contributed by atoms with E-state index in [2.05, 4.69) is 99.5 Å². The summed E-state index contributed by atoms with van der Waals surface area (Å²) >= 11 is 0.